The standard InChI is InChI=1S/C16H18O8/c1-22-14(19)9-16(21,15(20)23-2)10-24-13(18)8-5-11-3-6-12(17)7-4-11/h3-8,17,21H,9-10H2,1-2H3/t16-/m0/s1. The topological polar surface area (TPSA) is 119 Å². The van der Waals surface area contributed by atoms with Gasteiger partial charge in [0.15, 0.2) is 0 Å². The van der Waals surface area contributed by atoms with Crippen molar-refractivity contribution in [2.24, 2.45) is 0 Å². The molecular formula is C16H18O8. The average molecular weight is 338 g/mol. The molecule has 0 aromatic heterocycles. The summed E-state index contributed by atoms with van der Waals surface area (Å²) in [7, 11) is 2.11. The van der Waals surface area contributed by atoms with E-state index < -0.39 is 36.5 Å². The van der Waals surface area contributed by atoms with E-state index in [4.69, 9.17) is 9.84 Å². The highest BCUT2D eigenvalue weighted by Gasteiger charge is 2.41. The molecule has 0 amide bonds. The zero-order chi connectivity index (χ0) is 18.2. The number of hydrogen-bond acceptors (Lipinski definition) is 8. The molecule has 1 aromatic rings. The van der Waals surface area contributed by atoms with Gasteiger partial charge in [-0.1, -0.05) is 12.1 Å². The second kappa shape index (κ2) is 8.68. The summed E-state index contributed by atoms with van der Waals surface area (Å²) >= 11 is 0. The van der Waals surface area contributed by atoms with Crippen LogP contribution in [0.4, 0.5) is 0 Å². The van der Waals surface area contributed by atoms with Crippen molar-refractivity contribution in [3.63, 3.8) is 0 Å². The van der Waals surface area contributed by atoms with E-state index in [1.165, 1.54) is 18.2 Å². The number of ether oxygens (including phenoxy) is 3. The molecule has 0 aliphatic rings. The van der Waals surface area contributed by atoms with Gasteiger partial charge < -0.3 is 24.4 Å². The van der Waals surface area contributed by atoms with Crippen LogP contribution in [0.3, 0.4) is 0 Å². The van der Waals surface area contributed by atoms with Crippen molar-refractivity contribution in [1.82, 2.24) is 0 Å². The Bertz CT molecular complexity index is 619. The average Bonchev–Trinajstić information content (AvgIpc) is 2.58. The van der Waals surface area contributed by atoms with Crippen molar-refractivity contribution >= 4 is 24.0 Å². The summed E-state index contributed by atoms with van der Waals surface area (Å²) in [5, 5.41) is 19.3. The number of rotatable bonds is 7. The fourth-order valence-corrected chi connectivity index (χ4v) is 1.67. The minimum atomic E-state index is -2.33. The molecule has 0 bridgehead atoms. The normalized spacial score (nSPS) is 13.1. The summed E-state index contributed by atoms with van der Waals surface area (Å²) < 4.78 is 13.6. The molecule has 0 fully saturated rings. The number of carbonyl (C=O) groups excluding carboxylic acids is 3. The van der Waals surface area contributed by atoms with E-state index in [1.54, 1.807) is 12.1 Å². The van der Waals surface area contributed by atoms with Crippen LogP contribution in [0.15, 0.2) is 30.3 Å². The van der Waals surface area contributed by atoms with E-state index in [9.17, 15) is 19.5 Å². The lowest BCUT2D eigenvalue weighted by molar-refractivity contribution is -0.177. The first kappa shape index (κ1) is 19.2. The van der Waals surface area contributed by atoms with Gasteiger partial charge in [-0.2, -0.15) is 0 Å². The number of benzene rings is 1. The number of phenols is 1. The number of carbonyl (C=O) groups is 3. The molecule has 1 aromatic carbocycles. The van der Waals surface area contributed by atoms with Gasteiger partial charge in [0, 0.05) is 6.08 Å². The molecule has 0 saturated carbocycles. The van der Waals surface area contributed by atoms with Crippen molar-refractivity contribution in [2.45, 2.75) is 12.0 Å². The smallest absolute Gasteiger partial charge is 0.342 e. The van der Waals surface area contributed by atoms with Gasteiger partial charge in [-0.3, -0.25) is 4.79 Å². The number of aliphatic hydroxyl groups is 1. The Morgan fingerprint density at radius 1 is 1.12 bits per heavy atom. The molecule has 2 N–H and O–H groups in total. The Morgan fingerprint density at radius 2 is 1.75 bits per heavy atom. The van der Waals surface area contributed by atoms with Gasteiger partial charge in [-0.25, -0.2) is 9.59 Å². The lowest BCUT2D eigenvalue weighted by Crippen LogP contribution is -2.46. The fraction of sp³-hybridized carbons (Fsp3) is 0.312. The third kappa shape index (κ3) is 5.73. The highest BCUT2D eigenvalue weighted by Crippen LogP contribution is 2.15. The number of methoxy groups -OCH3 is 2. The molecule has 0 radical (unpaired) electrons. The Labute approximate surface area is 138 Å². The maximum atomic E-state index is 11.7. The SMILES string of the molecule is COC(=O)C[C@](O)(COC(=O)C=Cc1ccc(O)cc1)C(=O)OC. The van der Waals surface area contributed by atoms with Crippen LogP contribution in [0.5, 0.6) is 5.75 Å². The molecule has 1 atom stereocenters. The molecule has 0 aliphatic heterocycles. The van der Waals surface area contributed by atoms with E-state index in [-0.39, 0.29) is 5.75 Å². The van der Waals surface area contributed by atoms with Crippen molar-refractivity contribution < 1.29 is 38.8 Å². The number of esters is 3. The molecular weight excluding hydrogens is 320 g/mol. The highest BCUT2D eigenvalue weighted by atomic mass is 16.6. The zero-order valence-electron chi connectivity index (χ0n) is 13.2. The van der Waals surface area contributed by atoms with Gasteiger partial charge in [0.2, 0.25) is 5.60 Å². The van der Waals surface area contributed by atoms with Gasteiger partial charge in [-0.15, -0.1) is 0 Å². The molecule has 0 aliphatic carbocycles. The highest BCUT2D eigenvalue weighted by molar-refractivity contribution is 5.89. The summed E-state index contributed by atoms with van der Waals surface area (Å²) in [6, 6.07) is 6.02. The Hall–Kier alpha value is -2.87. The van der Waals surface area contributed by atoms with E-state index in [2.05, 4.69) is 9.47 Å². The molecule has 0 heterocycles. The molecule has 0 unspecified atom stereocenters. The molecule has 0 saturated heterocycles. The van der Waals surface area contributed by atoms with E-state index in [0.29, 0.717) is 5.56 Å². The first-order chi connectivity index (χ1) is 11.3. The number of aromatic hydroxyl groups is 1. The van der Waals surface area contributed by atoms with Crippen LogP contribution in [-0.4, -0.2) is 54.5 Å². The van der Waals surface area contributed by atoms with Gasteiger partial charge in [0.05, 0.1) is 20.6 Å². The summed E-state index contributed by atoms with van der Waals surface area (Å²) in [5.41, 5.74) is -1.70. The molecule has 24 heavy (non-hydrogen) atoms. The van der Waals surface area contributed by atoms with Crippen LogP contribution in [-0.2, 0) is 28.6 Å². The van der Waals surface area contributed by atoms with Crippen LogP contribution < -0.4 is 0 Å². The van der Waals surface area contributed by atoms with E-state index in [0.717, 1.165) is 20.3 Å². The monoisotopic (exact) mass is 338 g/mol. The van der Waals surface area contributed by atoms with Gasteiger partial charge >= 0.3 is 17.9 Å². The number of phenolic OH excluding ortho intramolecular Hbond substituents is 1. The number of hydrogen-bond donors (Lipinski definition) is 2. The van der Waals surface area contributed by atoms with Crippen LogP contribution in [0.25, 0.3) is 6.08 Å². The maximum absolute atomic E-state index is 11.7. The molecule has 8 nitrogen and oxygen atoms in total. The van der Waals surface area contributed by atoms with Gasteiger partial charge in [0.1, 0.15) is 12.4 Å². The lowest BCUT2D eigenvalue weighted by Gasteiger charge is -2.23. The predicted molar refractivity (Wildman–Crippen MR) is 81.7 cm³/mol. The molecule has 0 spiro atoms. The lowest BCUT2D eigenvalue weighted by atomic mass is 10.0. The van der Waals surface area contributed by atoms with Crippen LogP contribution in [0, 0.1) is 0 Å². The quantitative estimate of drug-likeness (QED) is 0.417. The van der Waals surface area contributed by atoms with Gasteiger partial charge in [-0.05, 0) is 23.8 Å². The second-order valence-electron chi connectivity index (χ2n) is 4.81. The Morgan fingerprint density at radius 3 is 2.29 bits per heavy atom. The Balaban J connectivity index is 2.68. The first-order valence-electron chi connectivity index (χ1n) is 6.82. The minimum absolute atomic E-state index is 0.0840. The van der Waals surface area contributed by atoms with Gasteiger partial charge in [0.25, 0.3) is 0 Å². The molecule has 8 heteroatoms. The summed E-state index contributed by atoms with van der Waals surface area (Å²) in [6.07, 6.45) is 1.77. The second-order valence-corrected chi connectivity index (χ2v) is 4.81. The van der Waals surface area contributed by atoms with Crippen LogP contribution >= 0.6 is 0 Å². The largest absolute Gasteiger partial charge is 0.508 e. The van der Waals surface area contributed by atoms with Crippen molar-refractivity contribution in [3.8, 4) is 5.75 Å². The summed E-state index contributed by atoms with van der Waals surface area (Å²) in [5.74, 6) is -2.74. The molecule has 1 rings (SSSR count). The summed E-state index contributed by atoms with van der Waals surface area (Å²) in [6.45, 7) is -0.770. The predicted octanol–water partition coefficient (Wildman–Crippen LogP) is 0.416. The third-order valence-electron chi connectivity index (χ3n) is 2.99. The van der Waals surface area contributed by atoms with Crippen molar-refractivity contribution in [1.29, 1.82) is 0 Å². The van der Waals surface area contributed by atoms with Crippen molar-refractivity contribution in [3.05, 3.63) is 35.9 Å². The third-order valence-corrected chi connectivity index (χ3v) is 2.99. The van der Waals surface area contributed by atoms with Crippen LogP contribution in [0.1, 0.15) is 12.0 Å². The fourth-order valence-electron chi connectivity index (χ4n) is 1.67. The summed E-state index contributed by atoms with van der Waals surface area (Å²) in [4.78, 5) is 34.5. The van der Waals surface area contributed by atoms with E-state index in [1.807, 2.05) is 0 Å². The maximum Gasteiger partial charge on any atom is 0.342 e. The zero-order valence-corrected chi connectivity index (χ0v) is 13.2. The first-order valence-corrected chi connectivity index (χ1v) is 6.82. The van der Waals surface area contributed by atoms with Crippen LogP contribution in [0.2, 0.25) is 0 Å². The minimum Gasteiger partial charge on any atom is -0.508 e. The van der Waals surface area contributed by atoms with Crippen molar-refractivity contribution in [2.75, 3.05) is 20.8 Å². The Kier molecular flexibility index (Phi) is 6.94. The molecule has 130 valence electrons. The van der Waals surface area contributed by atoms with E-state index >= 15 is 0 Å².